The predicted molar refractivity (Wildman–Crippen MR) is 75.8 cm³/mol. The largest absolute Gasteiger partial charge is 0.447 e. The van der Waals surface area contributed by atoms with E-state index in [-0.39, 0.29) is 11.1 Å². The Balaban J connectivity index is 1.71. The molecule has 0 atom stereocenters. The molecule has 2 aliphatic carbocycles. The van der Waals surface area contributed by atoms with Crippen molar-refractivity contribution in [3.05, 3.63) is 17.9 Å². The molecule has 0 amide bonds. The fourth-order valence-electron chi connectivity index (χ4n) is 2.32. The lowest BCUT2D eigenvalue weighted by Crippen LogP contribution is -2.33. The van der Waals surface area contributed by atoms with Gasteiger partial charge in [-0.2, -0.15) is 4.31 Å². The molecule has 0 radical (unpaired) electrons. The Bertz CT molecular complexity index is 559. The highest BCUT2D eigenvalue weighted by molar-refractivity contribution is 7.89. The second-order valence-electron chi connectivity index (χ2n) is 5.72. The summed E-state index contributed by atoms with van der Waals surface area (Å²) in [4.78, 5) is 0. The van der Waals surface area contributed by atoms with Crippen LogP contribution in [0.2, 0.25) is 0 Å². The molecule has 20 heavy (non-hydrogen) atoms. The van der Waals surface area contributed by atoms with Crippen LogP contribution in [-0.2, 0) is 16.6 Å². The molecule has 0 unspecified atom stereocenters. The van der Waals surface area contributed by atoms with Crippen LogP contribution in [0.15, 0.2) is 21.6 Å². The minimum absolute atomic E-state index is 0.0884. The SMILES string of the molecule is CCCN(C1CC1)S(=O)(=O)c1ccc(CNC2CC2)o1. The molecule has 1 N–H and O–H groups in total. The molecule has 112 valence electrons. The van der Waals surface area contributed by atoms with Gasteiger partial charge in [-0.3, -0.25) is 0 Å². The lowest BCUT2D eigenvalue weighted by atomic mass is 10.4. The molecule has 5 nitrogen and oxygen atoms in total. The average molecular weight is 298 g/mol. The van der Waals surface area contributed by atoms with Crippen LogP contribution in [0.3, 0.4) is 0 Å². The molecular weight excluding hydrogens is 276 g/mol. The first-order valence-corrected chi connectivity index (χ1v) is 8.89. The summed E-state index contributed by atoms with van der Waals surface area (Å²) in [7, 11) is -3.46. The van der Waals surface area contributed by atoms with E-state index in [1.165, 1.54) is 12.8 Å². The van der Waals surface area contributed by atoms with Gasteiger partial charge in [-0.15, -0.1) is 0 Å². The van der Waals surface area contributed by atoms with Gasteiger partial charge in [0.05, 0.1) is 6.54 Å². The van der Waals surface area contributed by atoms with Gasteiger partial charge in [-0.25, -0.2) is 8.42 Å². The highest BCUT2D eigenvalue weighted by atomic mass is 32.2. The van der Waals surface area contributed by atoms with Crippen molar-refractivity contribution in [2.24, 2.45) is 0 Å². The van der Waals surface area contributed by atoms with E-state index in [0.29, 0.717) is 24.9 Å². The second kappa shape index (κ2) is 5.50. The van der Waals surface area contributed by atoms with Gasteiger partial charge in [0.2, 0.25) is 5.09 Å². The molecule has 1 aromatic rings. The summed E-state index contributed by atoms with van der Waals surface area (Å²) in [5.74, 6) is 0.697. The fourth-order valence-corrected chi connectivity index (χ4v) is 4.03. The summed E-state index contributed by atoms with van der Waals surface area (Å²) in [6.45, 7) is 3.18. The molecule has 0 saturated heterocycles. The van der Waals surface area contributed by atoms with Crippen molar-refractivity contribution >= 4 is 10.0 Å². The molecule has 1 aromatic heterocycles. The van der Waals surface area contributed by atoms with E-state index >= 15 is 0 Å². The molecule has 6 heteroatoms. The topological polar surface area (TPSA) is 62.6 Å². The standard InChI is InChI=1S/C14H22N2O3S/c1-2-9-16(12-5-6-12)20(17,18)14-8-7-13(19-14)10-15-11-3-4-11/h7-8,11-12,15H,2-6,9-10H2,1H3. The zero-order chi connectivity index (χ0) is 14.2. The van der Waals surface area contributed by atoms with Gasteiger partial charge >= 0.3 is 0 Å². The second-order valence-corrected chi connectivity index (χ2v) is 7.54. The van der Waals surface area contributed by atoms with Gasteiger partial charge < -0.3 is 9.73 Å². The van der Waals surface area contributed by atoms with Gasteiger partial charge in [0, 0.05) is 18.6 Å². The van der Waals surface area contributed by atoms with E-state index in [4.69, 9.17) is 4.42 Å². The van der Waals surface area contributed by atoms with Crippen LogP contribution in [0.25, 0.3) is 0 Å². The van der Waals surface area contributed by atoms with E-state index in [9.17, 15) is 8.42 Å². The third-order valence-corrected chi connectivity index (χ3v) is 5.57. The summed E-state index contributed by atoms with van der Waals surface area (Å²) in [6, 6.07) is 4.12. The molecule has 2 fully saturated rings. The first-order valence-electron chi connectivity index (χ1n) is 7.45. The highest BCUT2D eigenvalue weighted by Crippen LogP contribution is 2.32. The number of hydrogen-bond acceptors (Lipinski definition) is 4. The van der Waals surface area contributed by atoms with Crippen LogP contribution in [0.4, 0.5) is 0 Å². The summed E-state index contributed by atoms with van der Waals surface area (Å²) >= 11 is 0. The Morgan fingerprint density at radius 2 is 2.05 bits per heavy atom. The smallest absolute Gasteiger partial charge is 0.276 e. The Morgan fingerprint density at radius 1 is 1.30 bits per heavy atom. The summed E-state index contributed by atoms with van der Waals surface area (Å²) in [5.41, 5.74) is 0. The number of nitrogens with zero attached hydrogens (tertiary/aromatic N) is 1. The van der Waals surface area contributed by atoms with E-state index in [2.05, 4.69) is 5.32 Å². The molecule has 0 aliphatic heterocycles. The average Bonchev–Trinajstić information content (AvgIpc) is 3.33. The normalized spacial score (nSPS) is 19.7. The van der Waals surface area contributed by atoms with Crippen molar-refractivity contribution in [2.75, 3.05) is 6.54 Å². The van der Waals surface area contributed by atoms with Crippen molar-refractivity contribution in [1.82, 2.24) is 9.62 Å². The Kier molecular flexibility index (Phi) is 3.88. The van der Waals surface area contributed by atoms with Crippen molar-refractivity contribution in [3.63, 3.8) is 0 Å². The first-order chi connectivity index (χ1) is 9.61. The van der Waals surface area contributed by atoms with Crippen molar-refractivity contribution in [2.45, 2.75) is 62.7 Å². The third kappa shape index (κ3) is 3.07. The monoisotopic (exact) mass is 298 g/mol. The number of hydrogen-bond donors (Lipinski definition) is 1. The Hall–Kier alpha value is -0.850. The number of rotatable bonds is 8. The predicted octanol–water partition coefficient (Wildman–Crippen LogP) is 2.09. The van der Waals surface area contributed by atoms with Crippen LogP contribution >= 0.6 is 0 Å². The van der Waals surface area contributed by atoms with Gasteiger partial charge in [0.25, 0.3) is 10.0 Å². The van der Waals surface area contributed by atoms with Crippen molar-refractivity contribution < 1.29 is 12.8 Å². The number of furan rings is 1. The minimum Gasteiger partial charge on any atom is -0.447 e. The lowest BCUT2D eigenvalue weighted by Gasteiger charge is -2.19. The van der Waals surface area contributed by atoms with E-state index in [0.717, 1.165) is 19.3 Å². The lowest BCUT2D eigenvalue weighted by molar-refractivity contribution is 0.358. The maximum atomic E-state index is 12.6. The number of nitrogens with one attached hydrogen (secondary N) is 1. The molecule has 1 heterocycles. The minimum atomic E-state index is -3.46. The zero-order valence-electron chi connectivity index (χ0n) is 11.8. The van der Waals surface area contributed by atoms with Gasteiger partial charge in [0.15, 0.2) is 0 Å². The first kappa shape index (κ1) is 14.1. The van der Waals surface area contributed by atoms with Crippen LogP contribution in [0.5, 0.6) is 0 Å². The Morgan fingerprint density at radius 3 is 2.65 bits per heavy atom. The van der Waals surface area contributed by atoms with Crippen molar-refractivity contribution in [3.8, 4) is 0 Å². The van der Waals surface area contributed by atoms with Crippen LogP contribution < -0.4 is 5.32 Å². The van der Waals surface area contributed by atoms with Crippen molar-refractivity contribution in [1.29, 1.82) is 0 Å². The van der Waals surface area contributed by atoms with Crippen LogP contribution in [0, 0.1) is 0 Å². The zero-order valence-corrected chi connectivity index (χ0v) is 12.7. The van der Waals surface area contributed by atoms with Crippen LogP contribution in [0.1, 0.15) is 44.8 Å². The number of sulfonamides is 1. The Labute approximate surface area is 120 Å². The molecule has 0 spiro atoms. The van der Waals surface area contributed by atoms with Gasteiger partial charge in [-0.1, -0.05) is 6.92 Å². The molecular formula is C14H22N2O3S. The highest BCUT2D eigenvalue weighted by Gasteiger charge is 2.39. The maximum absolute atomic E-state index is 12.6. The third-order valence-electron chi connectivity index (χ3n) is 3.74. The van der Waals surface area contributed by atoms with E-state index < -0.39 is 10.0 Å². The molecule has 0 bridgehead atoms. The summed E-state index contributed by atoms with van der Waals surface area (Å²) in [6.07, 6.45) is 5.17. The van der Waals surface area contributed by atoms with Crippen LogP contribution in [-0.4, -0.2) is 31.4 Å². The maximum Gasteiger partial charge on any atom is 0.276 e. The summed E-state index contributed by atoms with van der Waals surface area (Å²) < 4.78 is 32.3. The summed E-state index contributed by atoms with van der Waals surface area (Å²) in [5, 5.41) is 3.41. The van der Waals surface area contributed by atoms with Gasteiger partial charge in [-0.05, 0) is 44.2 Å². The van der Waals surface area contributed by atoms with Gasteiger partial charge in [0.1, 0.15) is 5.76 Å². The quantitative estimate of drug-likeness (QED) is 0.798. The molecule has 3 rings (SSSR count). The molecule has 2 saturated carbocycles. The molecule has 0 aromatic carbocycles. The van der Waals surface area contributed by atoms with E-state index in [1.54, 1.807) is 16.4 Å². The fraction of sp³-hybridized carbons (Fsp3) is 0.714. The van der Waals surface area contributed by atoms with E-state index in [1.807, 2.05) is 6.92 Å². The molecule has 2 aliphatic rings.